The number of carbonyl (C=O) groups excluding carboxylic acids is 1. The standard InChI is InChI=1S/C22H22ClF3N6OS/c1-34-29-20-6-7-32(28-20)21(33)31-10-8-30(9-11-31)14-15-2-4-18(23)17(12-15)16-3-5-19(27-13-16)22(24,25)26/h2-7,12-13H,8-11,14H2,1H3,(H,28,29). The normalized spacial score (nSPS) is 14.9. The fraction of sp³-hybridized carbons (Fsp3) is 0.318. The zero-order valence-electron chi connectivity index (χ0n) is 18.2. The number of carbonyl (C=O) groups is 1. The topological polar surface area (TPSA) is 66.3 Å². The van der Waals surface area contributed by atoms with Crippen molar-refractivity contribution in [2.24, 2.45) is 0 Å². The van der Waals surface area contributed by atoms with E-state index in [4.69, 9.17) is 11.6 Å². The van der Waals surface area contributed by atoms with Crippen LogP contribution in [0.4, 0.5) is 23.8 Å². The van der Waals surface area contributed by atoms with Gasteiger partial charge in [-0.1, -0.05) is 35.7 Å². The molecule has 0 atom stereocenters. The van der Waals surface area contributed by atoms with Gasteiger partial charge >= 0.3 is 12.2 Å². The lowest BCUT2D eigenvalue weighted by Crippen LogP contribution is -2.49. The summed E-state index contributed by atoms with van der Waals surface area (Å²) < 4.78 is 42.7. The van der Waals surface area contributed by atoms with Gasteiger partial charge in [0.05, 0.1) is 0 Å². The van der Waals surface area contributed by atoms with Crippen LogP contribution in [0.1, 0.15) is 11.3 Å². The number of rotatable bonds is 5. The lowest BCUT2D eigenvalue weighted by atomic mass is 10.0. The van der Waals surface area contributed by atoms with E-state index >= 15 is 0 Å². The predicted molar refractivity (Wildman–Crippen MR) is 127 cm³/mol. The Hall–Kier alpha value is -2.76. The minimum atomic E-state index is -4.49. The number of halogens is 4. The van der Waals surface area contributed by atoms with E-state index in [1.165, 1.54) is 28.9 Å². The quantitative estimate of drug-likeness (QED) is 0.482. The third-order valence-electron chi connectivity index (χ3n) is 5.44. The maximum Gasteiger partial charge on any atom is 0.433 e. The summed E-state index contributed by atoms with van der Waals surface area (Å²) in [5.74, 6) is 0.626. The summed E-state index contributed by atoms with van der Waals surface area (Å²) in [5.41, 5.74) is 1.18. The number of hydrogen-bond donors (Lipinski definition) is 1. The van der Waals surface area contributed by atoms with Crippen LogP contribution in [0.15, 0.2) is 48.8 Å². The molecule has 4 rings (SSSR count). The van der Waals surface area contributed by atoms with Crippen LogP contribution in [0, 0.1) is 0 Å². The molecule has 1 aromatic carbocycles. The van der Waals surface area contributed by atoms with E-state index in [0.29, 0.717) is 54.7 Å². The van der Waals surface area contributed by atoms with Crippen molar-refractivity contribution in [2.75, 3.05) is 37.2 Å². The highest BCUT2D eigenvalue weighted by molar-refractivity contribution is 7.99. The van der Waals surface area contributed by atoms with Crippen LogP contribution in [0.3, 0.4) is 0 Å². The van der Waals surface area contributed by atoms with Crippen LogP contribution in [0.25, 0.3) is 11.1 Å². The second-order valence-corrected chi connectivity index (χ2v) is 8.76. The van der Waals surface area contributed by atoms with Gasteiger partial charge in [0, 0.05) is 73.6 Å². The molecule has 12 heteroatoms. The summed E-state index contributed by atoms with van der Waals surface area (Å²) in [6, 6.07) is 9.40. The van der Waals surface area contributed by atoms with E-state index in [2.05, 4.69) is 19.7 Å². The van der Waals surface area contributed by atoms with Crippen LogP contribution in [-0.4, -0.2) is 63.0 Å². The summed E-state index contributed by atoms with van der Waals surface area (Å²) in [6.07, 6.45) is 0.217. The van der Waals surface area contributed by atoms with Gasteiger partial charge in [0.25, 0.3) is 0 Å². The molecular weight excluding hydrogens is 489 g/mol. The van der Waals surface area contributed by atoms with Crippen molar-refractivity contribution >= 4 is 35.4 Å². The number of amides is 1. The van der Waals surface area contributed by atoms with Crippen molar-refractivity contribution in [1.82, 2.24) is 24.6 Å². The highest BCUT2D eigenvalue weighted by atomic mass is 35.5. The number of nitrogens with one attached hydrogen (secondary N) is 1. The van der Waals surface area contributed by atoms with Gasteiger partial charge in [-0.25, -0.2) is 4.79 Å². The van der Waals surface area contributed by atoms with Gasteiger partial charge in [0.1, 0.15) is 5.69 Å². The lowest BCUT2D eigenvalue weighted by molar-refractivity contribution is -0.141. The van der Waals surface area contributed by atoms with E-state index in [0.717, 1.165) is 11.6 Å². The molecule has 3 aromatic rings. The van der Waals surface area contributed by atoms with Gasteiger partial charge in [0.15, 0.2) is 5.82 Å². The van der Waals surface area contributed by atoms with Gasteiger partial charge in [0.2, 0.25) is 0 Å². The smallest absolute Gasteiger partial charge is 0.320 e. The molecule has 1 N–H and O–H groups in total. The minimum absolute atomic E-state index is 0.169. The van der Waals surface area contributed by atoms with Crippen molar-refractivity contribution in [2.45, 2.75) is 12.7 Å². The fourth-order valence-corrected chi connectivity index (χ4v) is 4.25. The number of anilines is 1. The third kappa shape index (κ3) is 5.65. The van der Waals surface area contributed by atoms with Gasteiger partial charge in [-0.3, -0.25) is 9.88 Å². The zero-order valence-corrected chi connectivity index (χ0v) is 19.8. The summed E-state index contributed by atoms with van der Waals surface area (Å²) in [5, 5.41) is 4.67. The Balaban J connectivity index is 1.38. The van der Waals surface area contributed by atoms with Gasteiger partial charge < -0.3 is 9.62 Å². The molecule has 1 fully saturated rings. The predicted octanol–water partition coefficient (Wildman–Crippen LogP) is 5.09. The van der Waals surface area contributed by atoms with Crippen molar-refractivity contribution in [3.63, 3.8) is 0 Å². The van der Waals surface area contributed by atoms with E-state index in [-0.39, 0.29) is 6.03 Å². The van der Waals surface area contributed by atoms with E-state index in [1.807, 2.05) is 18.4 Å². The van der Waals surface area contributed by atoms with E-state index in [1.54, 1.807) is 23.2 Å². The number of hydrogen-bond acceptors (Lipinski definition) is 6. The summed E-state index contributed by atoms with van der Waals surface area (Å²) in [4.78, 5) is 20.2. The molecule has 1 amide bonds. The van der Waals surface area contributed by atoms with Crippen molar-refractivity contribution < 1.29 is 18.0 Å². The second kappa shape index (κ2) is 10.2. The maximum atomic E-state index is 12.8. The van der Waals surface area contributed by atoms with Crippen molar-refractivity contribution in [3.05, 3.63) is 65.1 Å². The maximum absolute atomic E-state index is 12.8. The average molecular weight is 511 g/mol. The first kappa shape index (κ1) is 24.4. The minimum Gasteiger partial charge on any atom is -0.320 e. The number of alkyl halides is 3. The van der Waals surface area contributed by atoms with Crippen LogP contribution in [-0.2, 0) is 12.7 Å². The number of benzene rings is 1. The van der Waals surface area contributed by atoms with Crippen LogP contribution in [0.2, 0.25) is 5.02 Å². The summed E-state index contributed by atoms with van der Waals surface area (Å²) in [7, 11) is 0. The SMILES string of the molecule is CSNc1ccn(C(=O)N2CCN(Cc3ccc(Cl)c(-c4ccc(C(F)(F)F)nc4)c3)CC2)n1. The number of aromatic nitrogens is 3. The molecule has 0 saturated carbocycles. The van der Waals surface area contributed by atoms with Crippen LogP contribution in [0.5, 0.6) is 0 Å². The molecule has 180 valence electrons. The first-order chi connectivity index (χ1) is 16.2. The Kier molecular flexibility index (Phi) is 7.34. The molecule has 0 radical (unpaired) electrons. The van der Waals surface area contributed by atoms with E-state index < -0.39 is 11.9 Å². The molecule has 0 aliphatic carbocycles. The highest BCUT2D eigenvalue weighted by Gasteiger charge is 2.32. The Bertz CT molecular complexity index is 1150. The Morgan fingerprint density at radius 3 is 2.56 bits per heavy atom. The third-order valence-corrected chi connectivity index (χ3v) is 6.18. The molecule has 7 nitrogen and oxygen atoms in total. The molecular formula is C22H22ClF3N6OS. The first-order valence-corrected chi connectivity index (χ1v) is 12.0. The zero-order chi connectivity index (χ0) is 24.3. The van der Waals surface area contributed by atoms with Gasteiger partial charge in [-0.2, -0.15) is 17.9 Å². The Labute approximate surface area is 204 Å². The summed E-state index contributed by atoms with van der Waals surface area (Å²) in [6.45, 7) is 3.12. The first-order valence-electron chi connectivity index (χ1n) is 10.4. The van der Waals surface area contributed by atoms with E-state index in [9.17, 15) is 18.0 Å². The monoisotopic (exact) mass is 510 g/mol. The molecule has 2 aromatic heterocycles. The summed E-state index contributed by atoms with van der Waals surface area (Å²) >= 11 is 7.72. The molecule has 0 unspecified atom stereocenters. The lowest BCUT2D eigenvalue weighted by Gasteiger charge is -2.34. The Morgan fingerprint density at radius 1 is 1.15 bits per heavy atom. The molecule has 34 heavy (non-hydrogen) atoms. The number of nitrogens with zero attached hydrogens (tertiary/aromatic N) is 5. The van der Waals surface area contributed by atoms with Crippen molar-refractivity contribution in [3.8, 4) is 11.1 Å². The number of piperazine rings is 1. The Morgan fingerprint density at radius 2 is 1.91 bits per heavy atom. The molecule has 0 spiro atoms. The fourth-order valence-electron chi connectivity index (χ4n) is 3.70. The molecule has 3 heterocycles. The van der Waals surface area contributed by atoms with Gasteiger partial charge in [-0.05, 0) is 23.8 Å². The van der Waals surface area contributed by atoms with Crippen molar-refractivity contribution in [1.29, 1.82) is 0 Å². The molecule has 1 saturated heterocycles. The molecule has 1 aliphatic heterocycles. The van der Waals surface area contributed by atoms with Gasteiger partial charge in [-0.15, -0.1) is 5.10 Å². The van der Waals surface area contributed by atoms with Crippen LogP contribution >= 0.6 is 23.5 Å². The molecule has 1 aliphatic rings. The largest absolute Gasteiger partial charge is 0.433 e. The second-order valence-electron chi connectivity index (χ2n) is 7.74. The number of pyridine rings is 1. The molecule has 0 bridgehead atoms. The highest BCUT2D eigenvalue weighted by Crippen LogP contribution is 2.32. The average Bonchev–Trinajstić information content (AvgIpc) is 3.29. The van der Waals surface area contributed by atoms with Crippen LogP contribution < -0.4 is 4.72 Å².